The van der Waals surface area contributed by atoms with Crippen molar-refractivity contribution < 1.29 is 14.7 Å². The van der Waals surface area contributed by atoms with Gasteiger partial charge in [0.2, 0.25) is 5.91 Å². The van der Waals surface area contributed by atoms with Crippen molar-refractivity contribution in [1.29, 1.82) is 0 Å². The summed E-state index contributed by atoms with van der Waals surface area (Å²) in [6, 6.07) is -0.843. The van der Waals surface area contributed by atoms with Gasteiger partial charge in [-0.05, 0) is 13.0 Å². The zero-order chi connectivity index (χ0) is 10.3. The van der Waals surface area contributed by atoms with Gasteiger partial charge in [0, 0.05) is 0 Å². The van der Waals surface area contributed by atoms with Crippen molar-refractivity contribution >= 4 is 11.9 Å². The van der Waals surface area contributed by atoms with E-state index < -0.39 is 17.9 Å². The summed E-state index contributed by atoms with van der Waals surface area (Å²) in [5.41, 5.74) is 4.89. The fourth-order valence-corrected chi connectivity index (χ4v) is 0.901. The maximum absolute atomic E-state index is 10.6. The summed E-state index contributed by atoms with van der Waals surface area (Å²) in [4.78, 5) is 21.0. The van der Waals surface area contributed by atoms with Gasteiger partial charge in [0.1, 0.15) is 6.04 Å². The first-order valence-electron chi connectivity index (χ1n) is 4.32. The Balaban J connectivity index is 3.81. The Morgan fingerprint density at radius 3 is 2.54 bits per heavy atom. The van der Waals surface area contributed by atoms with E-state index >= 15 is 0 Å². The number of carbonyl (C=O) groups is 2. The second-order valence-corrected chi connectivity index (χ2v) is 2.87. The molecule has 0 unspecified atom stereocenters. The lowest BCUT2D eigenvalue weighted by atomic mass is 10.2. The number of hydrogen-bond acceptors (Lipinski definition) is 3. The number of primary amides is 1. The third-order valence-electron chi connectivity index (χ3n) is 1.62. The van der Waals surface area contributed by atoms with Crippen LogP contribution in [-0.4, -0.2) is 29.6 Å². The van der Waals surface area contributed by atoms with Crippen molar-refractivity contribution in [3.8, 4) is 0 Å². The molecular weight excluding hydrogens is 172 g/mol. The van der Waals surface area contributed by atoms with E-state index in [9.17, 15) is 9.59 Å². The molecule has 0 aliphatic carbocycles. The van der Waals surface area contributed by atoms with Crippen molar-refractivity contribution in [2.45, 2.75) is 32.2 Å². The predicted octanol–water partition coefficient (Wildman–Crippen LogP) is -0.295. The van der Waals surface area contributed by atoms with Gasteiger partial charge in [0.25, 0.3) is 0 Å². The highest BCUT2D eigenvalue weighted by atomic mass is 16.4. The van der Waals surface area contributed by atoms with Crippen LogP contribution in [0, 0.1) is 0 Å². The van der Waals surface area contributed by atoms with E-state index in [0.29, 0.717) is 6.54 Å². The first kappa shape index (κ1) is 11.9. The van der Waals surface area contributed by atoms with Gasteiger partial charge in [-0.3, -0.25) is 9.59 Å². The molecule has 0 radical (unpaired) electrons. The summed E-state index contributed by atoms with van der Waals surface area (Å²) in [6.07, 6.45) is 1.72. The monoisotopic (exact) mass is 188 g/mol. The van der Waals surface area contributed by atoms with E-state index in [1.165, 1.54) is 0 Å². The SMILES string of the molecule is CCCCN[C@@H](CC(N)=O)C(=O)O. The standard InChI is InChI=1S/C8H16N2O3/c1-2-3-4-10-6(8(12)13)5-7(9)11/h6,10H,2-5H2,1H3,(H2,9,11)(H,12,13)/t6-/m0/s1. The number of carboxylic acid groups (broad SMARTS) is 1. The summed E-state index contributed by atoms with van der Waals surface area (Å²) < 4.78 is 0. The molecule has 1 amide bonds. The summed E-state index contributed by atoms with van der Waals surface area (Å²) in [5.74, 6) is -1.63. The molecule has 0 saturated carbocycles. The quantitative estimate of drug-likeness (QED) is 0.478. The molecule has 13 heavy (non-hydrogen) atoms. The molecule has 0 aromatic heterocycles. The molecule has 0 aliphatic rings. The van der Waals surface area contributed by atoms with Gasteiger partial charge in [0.15, 0.2) is 0 Å². The highest BCUT2D eigenvalue weighted by Gasteiger charge is 2.18. The number of aliphatic carboxylic acids is 1. The number of carboxylic acids is 1. The Bertz CT molecular complexity index is 182. The van der Waals surface area contributed by atoms with Crippen molar-refractivity contribution in [3.05, 3.63) is 0 Å². The van der Waals surface area contributed by atoms with E-state index in [1.54, 1.807) is 0 Å². The Hall–Kier alpha value is -1.10. The molecule has 5 nitrogen and oxygen atoms in total. The first-order valence-corrected chi connectivity index (χ1v) is 4.32. The van der Waals surface area contributed by atoms with Crippen molar-refractivity contribution in [1.82, 2.24) is 5.32 Å². The number of carbonyl (C=O) groups excluding carboxylic acids is 1. The van der Waals surface area contributed by atoms with Crippen LogP contribution >= 0.6 is 0 Å². The Labute approximate surface area is 77.3 Å². The molecule has 5 heteroatoms. The van der Waals surface area contributed by atoms with Crippen LogP contribution in [-0.2, 0) is 9.59 Å². The minimum absolute atomic E-state index is 0.154. The molecule has 0 aromatic rings. The molecule has 0 aliphatic heterocycles. The minimum Gasteiger partial charge on any atom is -0.480 e. The van der Waals surface area contributed by atoms with E-state index in [1.807, 2.05) is 6.92 Å². The second-order valence-electron chi connectivity index (χ2n) is 2.87. The Kier molecular flexibility index (Phi) is 5.88. The fourth-order valence-electron chi connectivity index (χ4n) is 0.901. The van der Waals surface area contributed by atoms with Crippen LogP contribution < -0.4 is 11.1 Å². The van der Waals surface area contributed by atoms with Gasteiger partial charge >= 0.3 is 5.97 Å². The fraction of sp³-hybridized carbons (Fsp3) is 0.750. The molecule has 0 saturated heterocycles. The lowest BCUT2D eigenvalue weighted by Crippen LogP contribution is -2.40. The van der Waals surface area contributed by atoms with E-state index in [-0.39, 0.29) is 6.42 Å². The summed E-state index contributed by atoms with van der Waals surface area (Å²) >= 11 is 0. The molecule has 1 atom stereocenters. The molecule has 0 aromatic carbocycles. The number of nitrogens with two attached hydrogens (primary N) is 1. The first-order chi connectivity index (χ1) is 6.07. The Morgan fingerprint density at radius 1 is 1.54 bits per heavy atom. The lowest BCUT2D eigenvalue weighted by Gasteiger charge is -2.11. The van der Waals surface area contributed by atoms with Gasteiger partial charge in [-0.1, -0.05) is 13.3 Å². The van der Waals surface area contributed by atoms with Crippen LogP contribution in [0.5, 0.6) is 0 Å². The summed E-state index contributed by atoms with van der Waals surface area (Å²) in [7, 11) is 0. The number of nitrogens with one attached hydrogen (secondary N) is 1. The van der Waals surface area contributed by atoms with Crippen LogP contribution in [0.1, 0.15) is 26.2 Å². The smallest absolute Gasteiger partial charge is 0.321 e. The van der Waals surface area contributed by atoms with Crippen molar-refractivity contribution in [3.63, 3.8) is 0 Å². The third kappa shape index (κ3) is 6.10. The maximum atomic E-state index is 10.6. The number of unbranched alkanes of at least 4 members (excludes halogenated alkanes) is 1. The van der Waals surface area contributed by atoms with Gasteiger partial charge in [0.05, 0.1) is 6.42 Å². The van der Waals surface area contributed by atoms with Crippen LogP contribution in [0.4, 0.5) is 0 Å². The van der Waals surface area contributed by atoms with Gasteiger partial charge < -0.3 is 16.2 Å². The molecular formula is C8H16N2O3. The molecule has 0 fully saturated rings. The normalized spacial score (nSPS) is 12.4. The van der Waals surface area contributed by atoms with Crippen LogP contribution in [0.15, 0.2) is 0 Å². The number of rotatable bonds is 7. The zero-order valence-electron chi connectivity index (χ0n) is 7.75. The van der Waals surface area contributed by atoms with Crippen LogP contribution in [0.3, 0.4) is 0 Å². The third-order valence-corrected chi connectivity index (χ3v) is 1.62. The average Bonchev–Trinajstić information content (AvgIpc) is 2.02. The zero-order valence-corrected chi connectivity index (χ0v) is 7.75. The molecule has 0 rings (SSSR count). The largest absolute Gasteiger partial charge is 0.480 e. The average molecular weight is 188 g/mol. The van der Waals surface area contributed by atoms with Crippen molar-refractivity contribution in [2.24, 2.45) is 5.73 Å². The summed E-state index contributed by atoms with van der Waals surface area (Å²) in [5, 5.41) is 11.4. The molecule has 0 heterocycles. The Morgan fingerprint density at radius 2 is 2.15 bits per heavy atom. The number of hydrogen-bond donors (Lipinski definition) is 3. The van der Waals surface area contributed by atoms with Crippen LogP contribution in [0.25, 0.3) is 0 Å². The van der Waals surface area contributed by atoms with Gasteiger partial charge in [-0.15, -0.1) is 0 Å². The van der Waals surface area contributed by atoms with E-state index in [2.05, 4.69) is 5.32 Å². The molecule has 76 valence electrons. The second kappa shape index (κ2) is 6.42. The van der Waals surface area contributed by atoms with Gasteiger partial charge in [-0.25, -0.2) is 0 Å². The highest BCUT2D eigenvalue weighted by Crippen LogP contribution is 1.93. The van der Waals surface area contributed by atoms with E-state index in [4.69, 9.17) is 10.8 Å². The highest BCUT2D eigenvalue weighted by molar-refractivity contribution is 5.83. The minimum atomic E-state index is -1.03. The van der Waals surface area contributed by atoms with Crippen LogP contribution in [0.2, 0.25) is 0 Å². The predicted molar refractivity (Wildman–Crippen MR) is 48.1 cm³/mol. The van der Waals surface area contributed by atoms with Crippen molar-refractivity contribution in [2.75, 3.05) is 6.54 Å². The van der Waals surface area contributed by atoms with Gasteiger partial charge in [-0.2, -0.15) is 0 Å². The molecule has 0 bridgehead atoms. The molecule has 4 N–H and O–H groups in total. The summed E-state index contributed by atoms with van der Waals surface area (Å²) in [6.45, 7) is 2.60. The lowest BCUT2D eigenvalue weighted by molar-refractivity contribution is -0.141. The topological polar surface area (TPSA) is 92.4 Å². The maximum Gasteiger partial charge on any atom is 0.321 e. The number of amides is 1. The van der Waals surface area contributed by atoms with E-state index in [0.717, 1.165) is 12.8 Å². The molecule has 0 spiro atoms.